The first-order chi connectivity index (χ1) is 14.1. The van der Waals surface area contributed by atoms with Gasteiger partial charge in [0.25, 0.3) is 0 Å². The Labute approximate surface area is 183 Å². The van der Waals surface area contributed by atoms with Crippen LogP contribution < -0.4 is 0 Å². The second-order valence-corrected chi connectivity index (χ2v) is 7.28. The molecule has 1 aromatic carbocycles. The van der Waals surface area contributed by atoms with Crippen molar-refractivity contribution < 1.29 is 19.1 Å². The molecule has 168 valence electrons. The Morgan fingerprint density at radius 1 is 0.933 bits per heavy atom. The molecule has 0 aromatic heterocycles. The fourth-order valence-electron chi connectivity index (χ4n) is 1.96. The van der Waals surface area contributed by atoms with Crippen molar-refractivity contribution in [3.8, 4) is 0 Å². The average Bonchev–Trinajstić information content (AvgIpc) is 2.71. The molecule has 4 nitrogen and oxygen atoms in total. The number of unbranched alkanes of at least 4 members (excludes halogenated alkanes) is 2. The molecule has 0 saturated heterocycles. The molecule has 0 spiro atoms. The van der Waals surface area contributed by atoms with Gasteiger partial charge in [0.1, 0.15) is 0 Å². The van der Waals surface area contributed by atoms with E-state index in [0.29, 0.717) is 24.4 Å². The summed E-state index contributed by atoms with van der Waals surface area (Å²) < 4.78 is 9.54. The van der Waals surface area contributed by atoms with Crippen LogP contribution in [-0.2, 0) is 19.1 Å². The summed E-state index contributed by atoms with van der Waals surface area (Å²) in [6.45, 7) is 21.0. The van der Waals surface area contributed by atoms with Crippen molar-refractivity contribution in [1.29, 1.82) is 0 Å². The second kappa shape index (κ2) is 19.7. The normalized spacial score (nSPS) is 9.27. The Morgan fingerprint density at radius 3 is 1.83 bits per heavy atom. The lowest BCUT2D eigenvalue weighted by Gasteiger charge is -2.05. The highest BCUT2D eigenvalue weighted by Crippen LogP contribution is 2.08. The maximum absolute atomic E-state index is 11.0. The van der Waals surface area contributed by atoms with Gasteiger partial charge in [-0.2, -0.15) is 0 Å². The van der Waals surface area contributed by atoms with Gasteiger partial charge < -0.3 is 9.47 Å². The largest absolute Gasteiger partial charge is 0.463 e. The molecule has 0 unspecified atom stereocenters. The monoisotopic (exact) mass is 416 g/mol. The predicted octanol–water partition coefficient (Wildman–Crippen LogP) is 6.78. The van der Waals surface area contributed by atoms with E-state index in [0.717, 1.165) is 18.8 Å². The van der Waals surface area contributed by atoms with Gasteiger partial charge in [-0.3, -0.25) is 0 Å². The lowest BCUT2D eigenvalue weighted by atomic mass is 10.1. The van der Waals surface area contributed by atoms with Crippen molar-refractivity contribution in [3.05, 3.63) is 66.8 Å². The molecule has 0 aliphatic carbocycles. The Morgan fingerprint density at radius 2 is 1.47 bits per heavy atom. The van der Waals surface area contributed by atoms with Crippen LogP contribution in [0.4, 0.5) is 0 Å². The Balaban J connectivity index is 0. The third-order valence-electron chi connectivity index (χ3n) is 3.67. The number of ether oxygens (including phenoxy) is 2. The topological polar surface area (TPSA) is 52.6 Å². The predicted molar refractivity (Wildman–Crippen MR) is 127 cm³/mol. The van der Waals surface area contributed by atoms with Crippen molar-refractivity contribution >= 4 is 18.0 Å². The van der Waals surface area contributed by atoms with Crippen LogP contribution in [0.2, 0.25) is 0 Å². The van der Waals surface area contributed by atoms with Gasteiger partial charge in [-0.1, -0.05) is 89.3 Å². The van der Waals surface area contributed by atoms with E-state index < -0.39 is 0 Å². The van der Waals surface area contributed by atoms with Gasteiger partial charge in [0.05, 0.1) is 13.2 Å². The van der Waals surface area contributed by atoms with Crippen LogP contribution in [0.25, 0.3) is 6.08 Å². The van der Waals surface area contributed by atoms with Crippen molar-refractivity contribution in [2.45, 2.75) is 60.3 Å². The molecule has 0 atom stereocenters. The third kappa shape index (κ3) is 20.1. The molecule has 1 rings (SSSR count). The molecule has 0 saturated carbocycles. The third-order valence-corrected chi connectivity index (χ3v) is 3.67. The molecule has 0 fully saturated rings. The quantitative estimate of drug-likeness (QED) is 0.240. The highest BCUT2D eigenvalue weighted by Gasteiger charge is 2.02. The molecule has 0 aliphatic rings. The van der Waals surface area contributed by atoms with Gasteiger partial charge >= 0.3 is 11.9 Å². The standard InChI is InChI=1S/C12H22O2.C8H8.C6H10O2/c1-10(2)8-6-5-7-9-14-12(13)11(3)4;1-2-8-6-4-3-5-7-8;1-4-8-6(7)5(2)3/h10H,3,5-9H2,1-2,4H3;2-7H,1H2;2,4H2,1,3H3. The van der Waals surface area contributed by atoms with Crippen LogP contribution in [0.3, 0.4) is 0 Å². The average molecular weight is 417 g/mol. The zero-order valence-electron chi connectivity index (χ0n) is 19.5. The molecule has 0 radical (unpaired) electrons. The fourth-order valence-corrected chi connectivity index (χ4v) is 1.96. The van der Waals surface area contributed by atoms with Crippen LogP contribution in [0.1, 0.15) is 65.9 Å². The van der Waals surface area contributed by atoms with E-state index >= 15 is 0 Å². The molecule has 0 bridgehead atoms. The molecule has 0 N–H and O–H groups in total. The SMILES string of the molecule is C=C(C)C(=O)OCC.C=C(C)C(=O)OCCCCCC(C)C.C=Cc1ccccc1. The Bertz CT molecular complexity index is 630. The Kier molecular flexibility index (Phi) is 19.4. The van der Waals surface area contributed by atoms with E-state index in [1.54, 1.807) is 20.8 Å². The first kappa shape index (κ1) is 29.6. The lowest BCUT2D eigenvalue weighted by Crippen LogP contribution is -2.06. The van der Waals surface area contributed by atoms with E-state index in [9.17, 15) is 9.59 Å². The highest BCUT2D eigenvalue weighted by molar-refractivity contribution is 5.87. The van der Waals surface area contributed by atoms with Crippen molar-refractivity contribution in [2.24, 2.45) is 5.92 Å². The summed E-state index contributed by atoms with van der Waals surface area (Å²) in [4.78, 5) is 21.4. The summed E-state index contributed by atoms with van der Waals surface area (Å²) in [7, 11) is 0. The highest BCUT2D eigenvalue weighted by atomic mass is 16.5. The number of carbonyl (C=O) groups is 2. The second-order valence-electron chi connectivity index (χ2n) is 7.28. The van der Waals surface area contributed by atoms with Gasteiger partial charge in [-0.05, 0) is 38.7 Å². The van der Waals surface area contributed by atoms with Gasteiger partial charge in [0.2, 0.25) is 0 Å². The minimum Gasteiger partial charge on any atom is -0.463 e. The molecule has 0 amide bonds. The van der Waals surface area contributed by atoms with Crippen LogP contribution in [-0.4, -0.2) is 25.2 Å². The maximum atomic E-state index is 11.0. The minimum atomic E-state index is -0.312. The summed E-state index contributed by atoms with van der Waals surface area (Å²) in [6, 6.07) is 10.0. The first-order valence-electron chi connectivity index (χ1n) is 10.5. The molecule has 1 aromatic rings. The van der Waals surface area contributed by atoms with Crippen molar-refractivity contribution in [2.75, 3.05) is 13.2 Å². The van der Waals surface area contributed by atoms with E-state index in [4.69, 9.17) is 4.74 Å². The van der Waals surface area contributed by atoms with Gasteiger partial charge in [0, 0.05) is 11.1 Å². The summed E-state index contributed by atoms with van der Waals surface area (Å²) >= 11 is 0. The van der Waals surface area contributed by atoms with E-state index in [1.807, 2.05) is 36.4 Å². The molecule has 0 aliphatic heterocycles. The van der Waals surface area contributed by atoms with Crippen LogP contribution in [0, 0.1) is 5.92 Å². The molecular weight excluding hydrogens is 376 g/mol. The van der Waals surface area contributed by atoms with E-state index in [1.165, 1.54) is 18.4 Å². The van der Waals surface area contributed by atoms with Crippen molar-refractivity contribution in [3.63, 3.8) is 0 Å². The zero-order valence-corrected chi connectivity index (χ0v) is 19.5. The number of hydrogen-bond donors (Lipinski definition) is 0. The Hall–Kier alpha value is -2.62. The number of esters is 2. The maximum Gasteiger partial charge on any atom is 0.333 e. The number of rotatable bonds is 10. The number of benzene rings is 1. The summed E-state index contributed by atoms with van der Waals surface area (Å²) in [5.41, 5.74) is 2.10. The van der Waals surface area contributed by atoms with Crippen LogP contribution >= 0.6 is 0 Å². The van der Waals surface area contributed by atoms with Gasteiger partial charge in [0.15, 0.2) is 0 Å². The molecular formula is C26H40O4. The van der Waals surface area contributed by atoms with Crippen LogP contribution in [0.15, 0.2) is 61.2 Å². The van der Waals surface area contributed by atoms with Crippen LogP contribution in [0.5, 0.6) is 0 Å². The first-order valence-corrected chi connectivity index (χ1v) is 10.5. The molecule has 0 heterocycles. The smallest absolute Gasteiger partial charge is 0.333 e. The summed E-state index contributed by atoms with van der Waals surface area (Å²) in [5.74, 6) is 0.189. The lowest BCUT2D eigenvalue weighted by molar-refractivity contribution is -0.139. The summed E-state index contributed by atoms with van der Waals surface area (Å²) in [6.07, 6.45) is 6.42. The number of carbonyl (C=O) groups excluding carboxylic acids is 2. The molecule has 4 heteroatoms. The number of hydrogen-bond acceptors (Lipinski definition) is 4. The van der Waals surface area contributed by atoms with Gasteiger partial charge in [-0.25, -0.2) is 9.59 Å². The van der Waals surface area contributed by atoms with E-state index in [-0.39, 0.29) is 11.9 Å². The van der Waals surface area contributed by atoms with Crippen molar-refractivity contribution in [1.82, 2.24) is 0 Å². The summed E-state index contributed by atoms with van der Waals surface area (Å²) in [5, 5.41) is 0. The van der Waals surface area contributed by atoms with E-state index in [2.05, 4.69) is 38.3 Å². The van der Waals surface area contributed by atoms with Gasteiger partial charge in [-0.15, -0.1) is 0 Å². The fraction of sp³-hybridized carbons (Fsp3) is 0.462. The molecule has 30 heavy (non-hydrogen) atoms. The zero-order chi connectivity index (χ0) is 23.4. The minimum absolute atomic E-state index is 0.270.